The number of carbonyl (C=O) groups excluding carboxylic acids is 1. The van der Waals surface area contributed by atoms with Crippen LogP contribution in [0.15, 0.2) is 29.8 Å². The molecule has 2 N–H and O–H groups in total. The summed E-state index contributed by atoms with van der Waals surface area (Å²) in [6.45, 7) is 0. The fourth-order valence-corrected chi connectivity index (χ4v) is 1.19. The SMILES string of the molecule is CN(C)c1ccc(/C=C(/C#N)C(N)=O)cc1. The zero-order valence-electron chi connectivity index (χ0n) is 9.27. The maximum Gasteiger partial charge on any atom is 0.259 e. The van der Waals surface area contributed by atoms with Crippen molar-refractivity contribution < 1.29 is 4.79 Å². The average Bonchev–Trinajstić information content (AvgIpc) is 2.26. The molecular formula is C12H13N3O. The lowest BCUT2D eigenvalue weighted by Crippen LogP contribution is -2.12. The van der Waals surface area contributed by atoms with Gasteiger partial charge in [0.25, 0.3) is 5.91 Å². The molecular weight excluding hydrogens is 202 g/mol. The largest absolute Gasteiger partial charge is 0.378 e. The molecule has 1 aromatic carbocycles. The van der Waals surface area contributed by atoms with Gasteiger partial charge in [0.1, 0.15) is 11.6 Å². The number of hydrogen-bond donors (Lipinski definition) is 1. The molecule has 1 amide bonds. The fraction of sp³-hybridized carbons (Fsp3) is 0.167. The topological polar surface area (TPSA) is 70.1 Å². The molecule has 4 heteroatoms. The molecule has 0 heterocycles. The van der Waals surface area contributed by atoms with Gasteiger partial charge < -0.3 is 10.6 Å². The Balaban J connectivity index is 3.00. The van der Waals surface area contributed by atoms with Crippen molar-refractivity contribution in [2.75, 3.05) is 19.0 Å². The summed E-state index contributed by atoms with van der Waals surface area (Å²) in [5, 5.41) is 8.67. The Morgan fingerprint density at radius 3 is 2.31 bits per heavy atom. The highest BCUT2D eigenvalue weighted by atomic mass is 16.1. The minimum absolute atomic E-state index is 0.0439. The zero-order valence-corrected chi connectivity index (χ0v) is 9.27. The van der Waals surface area contributed by atoms with Crippen molar-refractivity contribution in [3.63, 3.8) is 0 Å². The molecule has 1 rings (SSSR count). The normalized spacial score (nSPS) is 10.7. The fourth-order valence-electron chi connectivity index (χ4n) is 1.19. The first-order valence-corrected chi connectivity index (χ1v) is 4.73. The van der Waals surface area contributed by atoms with Crippen LogP contribution in [0, 0.1) is 11.3 Å². The van der Waals surface area contributed by atoms with Crippen molar-refractivity contribution >= 4 is 17.7 Å². The van der Waals surface area contributed by atoms with Crippen molar-refractivity contribution in [2.24, 2.45) is 5.73 Å². The summed E-state index contributed by atoms with van der Waals surface area (Å²) in [5.74, 6) is -0.709. The number of benzene rings is 1. The van der Waals surface area contributed by atoms with Crippen LogP contribution in [0.5, 0.6) is 0 Å². The van der Waals surface area contributed by atoms with Gasteiger partial charge in [0.05, 0.1) is 0 Å². The quantitative estimate of drug-likeness (QED) is 0.607. The lowest BCUT2D eigenvalue weighted by Gasteiger charge is -2.11. The number of nitrogens with zero attached hydrogens (tertiary/aromatic N) is 2. The Hall–Kier alpha value is -2.28. The molecule has 0 spiro atoms. The van der Waals surface area contributed by atoms with Crippen molar-refractivity contribution in [1.82, 2.24) is 0 Å². The van der Waals surface area contributed by atoms with Crippen molar-refractivity contribution in [1.29, 1.82) is 5.26 Å². The van der Waals surface area contributed by atoms with E-state index in [1.807, 2.05) is 43.3 Å². The van der Waals surface area contributed by atoms with Crippen LogP contribution in [0.3, 0.4) is 0 Å². The third-order valence-electron chi connectivity index (χ3n) is 2.11. The lowest BCUT2D eigenvalue weighted by atomic mass is 10.1. The van der Waals surface area contributed by atoms with Crippen molar-refractivity contribution in [3.8, 4) is 6.07 Å². The van der Waals surface area contributed by atoms with E-state index >= 15 is 0 Å². The zero-order chi connectivity index (χ0) is 12.1. The molecule has 0 bridgehead atoms. The van der Waals surface area contributed by atoms with Gasteiger partial charge in [0.2, 0.25) is 0 Å². The summed E-state index contributed by atoms with van der Waals surface area (Å²) in [6.07, 6.45) is 1.47. The number of hydrogen-bond acceptors (Lipinski definition) is 3. The predicted octanol–water partition coefficient (Wildman–Crippen LogP) is 1.14. The first-order chi connectivity index (χ1) is 7.54. The number of nitrogens with two attached hydrogens (primary N) is 1. The Labute approximate surface area is 94.6 Å². The Morgan fingerprint density at radius 2 is 1.94 bits per heavy atom. The van der Waals surface area contributed by atoms with Crippen LogP contribution < -0.4 is 10.6 Å². The highest BCUT2D eigenvalue weighted by Crippen LogP contribution is 2.14. The third-order valence-corrected chi connectivity index (χ3v) is 2.11. The monoisotopic (exact) mass is 215 g/mol. The molecule has 0 aromatic heterocycles. The average molecular weight is 215 g/mol. The summed E-state index contributed by atoms with van der Waals surface area (Å²) in [5.41, 5.74) is 6.82. The Kier molecular flexibility index (Phi) is 3.67. The third kappa shape index (κ3) is 2.85. The van der Waals surface area contributed by atoms with Crippen LogP contribution in [0.2, 0.25) is 0 Å². The number of anilines is 1. The molecule has 0 aliphatic carbocycles. The maximum atomic E-state index is 10.8. The molecule has 0 radical (unpaired) electrons. The molecule has 16 heavy (non-hydrogen) atoms. The minimum Gasteiger partial charge on any atom is -0.378 e. The predicted molar refractivity (Wildman–Crippen MR) is 63.6 cm³/mol. The van der Waals surface area contributed by atoms with Crippen LogP contribution in [-0.2, 0) is 4.79 Å². The summed E-state index contributed by atoms with van der Waals surface area (Å²) >= 11 is 0. The second-order valence-electron chi connectivity index (χ2n) is 3.52. The molecule has 0 fully saturated rings. The second-order valence-corrected chi connectivity index (χ2v) is 3.52. The molecule has 0 unspecified atom stereocenters. The van der Waals surface area contributed by atoms with E-state index in [2.05, 4.69) is 0 Å². The first-order valence-electron chi connectivity index (χ1n) is 4.73. The molecule has 0 aliphatic heterocycles. The molecule has 4 nitrogen and oxygen atoms in total. The van der Waals surface area contributed by atoms with Gasteiger partial charge in [-0.05, 0) is 23.8 Å². The van der Waals surface area contributed by atoms with Gasteiger partial charge in [-0.2, -0.15) is 5.26 Å². The molecule has 82 valence electrons. The van der Waals surface area contributed by atoms with Crippen LogP contribution in [0.25, 0.3) is 6.08 Å². The van der Waals surface area contributed by atoms with E-state index < -0.39 is 5.91 Å². The highest BCUT2D eigenvalue weighted by molar-refractivity contribution is 6.00. The lowest BCUT2D eigenvalue weighted by molar-refractivity contribution is -0.114. The van der Waals surface area contributed by atoms with E-state index in [0.29, 0.717) is 0 Å². The number of primary amides is 1. The summed E-state index contributed by atoms with van der Waals surface area (Å²) in [6, 6.07) is 9.23. The highest BCUT2D eigenvalue weighted by Gasteiger charge is 2.03. The molecule has 0 atom stereocenters. The van der Waals surface area contributed by atoms with E-state index in [1.54, 1.807) is 6.07 Å². The summed E-state index contributed by atoms with van der Waals surface area (Å²) in [4.78, 5) is 12.8. The minimum atomic E-state index is -0.709. The van der Waals surface area contributed by atoms with Crippen LogP contribution >= 0.6 is 0 Å². The Morgan fingerprint density at radius 1 is 1.38 bits per heavy atom. The first kappa shape index (κ1) is 11.8. The van der Waals surface area contributed by atoms with Gasteiger partial charge in [-0.1, -0.05) is 12.1 Å². The van der Waals surface area contributed by atoms with Gasteiger partial charge in [0, 0.05) is 19.8 Å². The van der Waals surface area contributed by atoms with E-state index in [1.165, 1.54) is 6.08 Å². The molecule has 0 aliphatic rings. The smallest absolute Gasteiger partial charge is 0.259 e. The number of rotatable bonds is 3. The van der Waals surface area contributed by atoms with Crippen molar-refractivity contribution in [2.45, 2.75) is 0 Å². The van der Waals surface area contributed by atoms with Gasteiger partial charge in [0.15, 0.2) is 0 Å². The van der Waals surface area contributed by atoms with Gasteiger partial charge in [-0.3, -0.25) is 4.79 Å². The van der Waals surface area contributed by atoms with E-state index in [-0.39, 0.29) is 5.57 Å². The maximum absolute atomic E-state index is 10.8. The van der Waals surface area contributed by atoms with Gasteiger partial charge in [-0.25, -0.2) is 0 Å². The van der Waals surface area contributed by atoms with E-state index in [4.69, 9.17) is 11.0 Å². The van der Waals surface area contributed by atoms with Crippen LogP contribution in [0.4, 0.5) is 5.69 Å². The Bertz CT molecular complexity index is 452. The molecule has 0 saturated carbocycles. The standard InChI is InChI=1S/C12H13N3O/c1-15(2)11-5-3-9(4-6-11)7-10(8-13)12(14)16/h3-7H,1-2H3,(H2,14,16)/b10-7-. The summed E-state index contributed by atoms with van der Waals surface area (Å²) in [7, 11) is 3.88. The summed E-state index contributed by atoms with van der Waals surface area (Å²) < 4.78 is 0. The number of amides is 1. The number of nitriles is 1. The van der Waals surface area contributed by atoms with Gasteiger partial charge in [-0.15, -0.1) is 0 Å². The van der Waals surface area contributed by atoms with Crippen molar-refractivity contribution in [3.05, 3.63) is 35.4 Å². The second kappa shape index (κ2) is 4.99. The van der Waals surface area contributed by atoms with E-state index in [0.717, 1.165) is 11.3 Å². The molecule has 0 saturated heterocycles. The van der Waals surface area contributed by atoms with Crippen LogP contribution in [0.1, 0.15) is 5.56 Å². The van der Waals surface area contributed by atoms with Crippen LogP contribution in [-0.4, -0.2) is 20.0 Å². The number of carbonyl (C=O) groups is 1. The van der Waals surface area contributed by atoms with Gasteiger partial charge >= 0.3 is 0 Å². The van der Waals surface area contributed by atoms with E-state index in [9.17, 15) is 4.79 Å². The molecule has 1 aromatic rings.